The van der Waals surface area contributed by atoms with E-state index >= 15 is 0 Å². The third-order valence-electron chi connectivity index (χ3n) is 1.53. The summed E-state index contributed by atoms with van der Waals surface area (Å²) < 4.78 is 1.90. The summed E-state index contributed by atoms with van der Waals surface area (Å²) >= 11 is 5.56. The lowest BCUT2D eigenvalue weighted by molar-refractivity contribution is 0.609. The number of alkyl halides is 1. The molecular formula is C7H12ClN3. The molecule has 0 spiro atoms. The van der Waals surface area contributed by atoms with Crippen molar-refractivity contribution in [2.24, 2.45) is 0 Å². The molecule has 0 aliphatic rings. The third-order valence-corrected chi connectivity index (χ3v) is 1.80. The maximum atomic E-state index is 5.56. The van der Waals surface area contributed by atoms with Gasteiger partial charge in [0.1, 0.15) is 12.2 Å². The standard InChI is InChI=1S/C7H12ClN3/c1-2-11-7(4-3-5-8)9-6-10-11/h6H,2-5H2,1H3. The maximum absolute atomic E-state index is 5.56. The molecule has 0 amide bonds. The van der Waals surface area contributed by atoms with Crippen LogP contribution in [0.15, 0.2) is 6.33 Å². The predicted octanol–water partition coefficient (Wildman–Crippen LogP) is 1.47. The molecule has 1 aromatic rings. The Morgan fingerprint density at radius 3 is 3.09 bits per heavy atom. The Morgan fingerprint density at radius 2 is 2.45 bits per heavy atom. The van der Waals surface area contributed by atoms with Gasteiger partial charge in [0, 0.05) is 18.8 Å². The molecule has 0 atom stereocenters. The Morgan fingerprint density at radius 1 is 1.64 bits per heavy atom. The average Bonchev–Trinajstić information content (AvgIpc) is 2.47. The van der Waals surface area contributed by atoms with Gasteiger partial charge in [0.25, 0.3) is 0 Å². The summed E-state index contributed by atoms with van der Waals surface area (Å²) in [6.07, 6.45) is 3.49. The van der Waals surface area contributed by atoms with Crippen LogP contribution in [0, 0.1) is 0 Å². The van der Waals surface area contributed by atoms with Crippen LogP contribution in [0.3, 0.4) is 0 Å². The van der Waals surface area contributed by atoms with Crippen LogP contribution in [0.1, 0.15) is 19.2 Å². The minimum atomic E-state index is 0.691. The van der Waals surface area contributed by atoms with Crippen LogP contribution >= 0.6 is 11.6 Å². The first-order valence-electron chi connectivity index (χ1n) is 3.81. The van der Waals surface area contributed by atoms with Crippen molar-refractivity contribution in [3.63, 3.8) is 0 Å². The van der Waals surface area contributed by atoms with E-state index in [-0.39, 0.29) is 0 Å². The molecular weight excluding hydrogens is 162 g/mol. The second-order valence-corrected chi connectivity index (χ2v) is 2.66. The summed E-state index contributed by atoms with van der Waals surface area (Å²) in [5, 5.41) is 4.05. The lowest BCUT2D eigenvalue weighted by Gasteiger charge is -1.99. The number of hydrogen-bond donors (Lipinski definition) is 0. The Bertz CT molecular complexity index is 209. The fourth-order valence-electron chi connectivity index (χ4n) is 0.971. The predicted molar refractivity (Wildman–Crippen MR) is 44.7 cm³/mol. The monoisotopic (exact) mass is 173 g/mol. The Balaban J connectivity index is 2.54. The van der Waals surface area contributed by atoms with Crippen LogP contribution in [-0.4, -0.2) is 20.6 Å². The van der Waals surface area contributed by atoms with Crippen LogP contribution in [0.5, 0.6) is 0 Å². The molecule has 1 heterocycles. The van der Waals surface area contributed by atoms with Gasteiger partial charge in [0.15, 0.2) is 0 Å². The van der Waals surface area contributed by atoms with Crippen LogP contribution in [0.4, 0.5) is 0 Å². The SMILES string of the molecule is CCn1ncnc1CCCCl. The summed E-state index contributed by atoms with van der Waals surface area (Å²) in [6, 6.07) is 0. The number of halogens is 1. The van der Waals surface area contributed by atoms with Gasteiger partial charge in [0.05, 0.1) is 0 Å². The van der Waals surface area contributed by atoms with Gasteiger partial charge in [0.2, 0.25) is 0 Å². The van der Waals surface area contributed by atoms with Gasteiger partial charge < -0.3 is 0 Å². The second kappa shape index (κ2) is 4.34. The van der Waals surface area contributed by atoms with E-state index in [1.54, 1.807) is 6.33 Å². The zero-order chi connectivity index (χ0) is 8.10. The number of aryl methyl sites for hydroxylation is 2. The molecule has 0 aromatic carbocycles. The Kier molecular flexibility index (Phi) is 3.36. The molecule has 0 radical (unpaired) electrons. The van der Waals surface area contributed by atoms with Crippen molar-refractivity contribution in [3.8, 4) is 0 Å². The zero-order valence-corrected chi connectivity index (χ0v) is 7.38. The first-order chi connectivity index (χ1) is 5.38. The fraction of sp³-hybridized carbons (Fsp3) is 0.714. The van der Waals surface area contributed by atoms with Crippen molar-refractivity contribution < 1.29 is 0 Å². The number of hydrogen-bond acceptors (Lipinski definition) is 2. The van der Waals surface area contributed by atoms with E-state index in [0.29, 0.717) is 5.88 Å². The molecule has 0 aliphatic heterocycles. The minimum absolute atomic E-state index is 0.691. The van der Waals surface area contributed by atoms with E-state index in [0.717, 1.165) is 25.2 Å². The van der Waals surface area contributed by atoms with E-state index < -0.39 is 0 Å². The third kappa shape index (κ3) is 2.19. The minimum Gasteiger partial charge on any atom is -0.250 e. The van der Waals surface area contributed by atoms with E-state index in [9.17, 15) is 0 Å². The van der Waals surface area contributed by atoms with Gasteiger partial charge in [-0.2, -0.15) is 5.10 Å². The van der Waals surface area contributed by atoms with E-state index in [4.69, 9.17) is 11.6 Å². The molecule has 11 heavy (non-hydrogen) atoms. The molecule has 1 rings (SSSR count). The number of nitrogens with zero attached hydrogens (tertiary/aromatic N) is 3. The van der Waals surface area contributed by atoms with Crippen molar-refractivity contribution in [3.05, 3.63) is 12.2 Å². The molecule has 1 aromatic heterocycles. The van der Waals surface area contributed by atoms with E-state index in [1.807, 2.05) is 4.68 Å². The van der Waals surface area contributed by atoms with Crippen molar-refractivity contribution in [2.75, 3.05) is 5.88 Å². The molecule has 0 saturated carbocycles. The quantitative estimate of drug-likeness (QED) is 0.646. The van der Waals surface area contributed by atoms with E-state index in [2.05, 4.69) is 17.0 Å². The molecule has 0 saturated heterocycles. The van der Waals surface area contributed by atoms with Crippen molar-refractivity contribution in [1.29, 1.82) is 0 Å². The van der Waals surface area contributed by atoms with E-state index in [1.165, 1.54) is 0 Å². The molecule has 3 nitrogen and oxygen atoms in total. The molecule has 0 fully saturated rings. The summed E-state index contributed by atoms with van der Waals surface area (Å²) in [5.41, 5.74) is 0. The lowest BCUT2D eigenvalue weighted by atomic mass is 10.3. The summed E-state index contributed by atoms with van der Waals surface area (Å²) in [6.45, 7) is 2.94. The highest BCUT2D eigenvalue weighted by Gasteiger charge is 2.00. The average molecular weight is 174 g/mol. The van der Waals surface area contributed by atoms with Gasteiger partial charge in [-0.25, -0.2) is 4.98 Å². The molecule has 0 aliphatic carbocycles. The summed E-state index contributed by atoms with van der Waals surface area (Å²) in [4.78, 5) is 4.12. The summed E-state index contributed by atoms with van der Waals surface area (Å²) in [7, 11) is 0. The number of rotatable bonds is 4. The largest absolute Gasteiger partial charge is 0.250 e. The van der Waals surface area contributed by atoms with Crippen molar-refractivity contribution in [1.82, 2.24) is 14.8 Å². The van der Waals surface area contributed by atoms with Gasteiger partial charge in [-0.1, -0.05) is 0 Å². The smallest absolute Gasteiger partial charge is 0.138 e. The zero-order valence-electron chi connectivity index (χ0n) is 6.63. The van der Waals surface area contributed by atoms with Gasteiger partial charge >= 0.3 is 0 Å². The maximum Gasteiger partial charge on any atom is 0.138 e. The van der Waals surface area contributed by atoms with Gasteiger partial charge in [-0.3, -0.25) is 4.68 Å². The number of aromatic nitrogens is 3. The summed E-state index contributed by atoms with van der Waals surface area (Å²) in [5.74, 6) is 1.73. The molecule has 4 heteroatoms. The van der Waals surface area contributed by atoms with Gasteiger partial charge in [-0.05, 0) is 13.3 Å². The van der Waals surface area contributed by atoms with Crippen LogP contribution in [0.2, 0.25) is 0 Å². The van der Waals surface area contributed by atoms with Crippen molar-refractivity contribution >= 4 is 11.6 Å². The van der Waals surface area contributed by atoms with Crippen LogP contribution < -0.4 is 0 Å². The highest BCUT2D eigenvalue weighted by atomic mass is 35.5. The fourth-order valence-corrected chi connectivity index (χ4v) is 1.10. The molecule has 0 N–H and O–H groups in total. The van der Waals surface area contributed by atoms with Crippen LogP contribution in [-0.2, 0) is 13.0 Å². The Labute approximate surface area is 71.4 Å². The van der Waals surface area contributed by atoms with Gasteiger partial charge in [-0.15, -0.1) is 11.6 Å². The first-order valence-corrected chi connectivity index (χ1v) is 4.34. The molecule has 0 unspecified atom stereocenters. The van der Waals surface area contributed by atoms with Crippen molar-refractivity contribution in [2.45, 2.75) is 26.3 Å². The topological polar surface area (TPSA) is 30.7 Å². The molecule has 62 valence electrons. The van der Waals surface area contributed by atoms with Crippen LogP contribution in [0.25, 0.3) is 0 Å². The molecule has 0 bridgehead atoms. The second-order valence-electron chi connectivity index (χ2n) is 2.28. The first kappa shape index (κ1) is 8.53. The normalized spacial score (nSPS) is 10.4. The highest BCUT2D eigenvalue weighted by molar-refractivity contribution is 6.17. The lowest BCUT2D eigenvalue weighted by Crippen LogP contribution is -2.03. The highest BCUT2D eigenvalue weighted by Crippen LogP contribution is 1.99. The Hall–Kier alpha value is -0.570.